The molecule has 0 spiro atoms. The SMILES string of the molecule is CCOC(=O)C1C2CCc3ccccc3C21. The number of fused-ring (bicyclic) bond motifs is 3. The van der Waals surface area contributed by atoms with Crippen molar-refractivity contribution in [3.05, 3.63) is 35.4 Å². The normalized spacial score (nSPS) is 30.2. The summed E-state index contributed by atoms with van der Waals surface area (Å²) in [6.07, 6.45) is 2.26. The summed E-state index contributed by atoms with van der Waals surface area (Å²) in [5.41, 5.74) is 2.81. The Kier molecular flexibility index (Phi) is 2.23. The van der Waals surface area contributed by atoms with Crippen molar-refractivity contribution in [3.8, 4) is 0 Å². The molecule has 1 aromatic carbocycles. The highest BCUT2D eigenvalue weighted by molar-refractivity contribution is 5.78. The van der Waals surface area contributed by atoms with E-state index in [2.05, 4.69) is 24.3 Å². The number of rotatable bonds is 2. The van der Waals surface area contributed by atoms with Gasteiger partial charge in [-0.2, -0.15) is 0 Å². The summed E-state index contributed by atoms with van der Waals surface area (Å²) in [5.74, 6) is 1.15. The largest absolute Gasteiger partial charge is 0.466 e. The summed E-state index contributed by atoms with van der Waals surface area (Å²) in [4.78, 5) is 11.8. The molecular weight excluding hydrogens is 200 g/mol. The highest BCUT2D eigenvalue weighted by Gasteiger charge is 2.57. The van der Waals surface area contributed by atoms with Crippen LogP contribution in [0.4, 0.5) is 0 Å². The van der Waals surface area contributed by atoms with Crippen molar-refractivity contribution in [2.24, 2.45) is 11.8 Å². The molecule has 0 heterocycles. The fourth-order valence-corrected chi connectivity index (χ4v) is 3.13. The first-order chi connectivity index (χ1) is 7.83. The van der Waals surface area contributed by atoms with Crippen molar-refractivity contribution in [1.29, 1.82) is 0 Å². The van der Waals surface area contributed by atoms with Gasteiger partial charge in [0, 0.05) is 5.92 Å². The topological polar surface area (TPSA) is 26.3 Å². The first-order valence-corrected chi connectivity index (χ1v) is 6.07. The van der Waals surface area contributed by atoms with E-state index >= 15 is 0 Å². The second kappa shape index (κ2) is 3.62. The average Bonchev–Trinajstić information content (AvgIpc) is 3.04. The Morgan fingerprint density at radius 1 is 1.44 bits per heavy atom. The molecule has 3 atom stereocenters. The van der Waals surface area contributed by atoms with Crippen LogP contribution in [0.15, 0.2) is 24.3 Å². The third kappa shape index (κ3) is 1.36. The molecule has 1 aromatic rings. The van der Waals surface area contributed by atoms with Crippen molar-refractivity contribution >= 4 is 5.97 Å². The summed E-state index contributed by atoms with van der Waals surface area (Å²) in [6.45, 7) is 2.37. The number of benzene rings is 1. The second-order valence-corrected chi connectivity index (χ2v) is 4.70. The van der Waals surface area contributed by atoms with Crippen LogP contribution in [-0.2, 0) is 16.0 Å². The van der Waals surface area contributed by atoms with Crippen molar-refractivity contribution in [2.45, 2.75) is 25.7 Å². The quantitative estimate of drug-likeness (QED) is 0.710. The zero-order valence-electron chi connectivity index (χ0n) is 9.48. The highest BCUT2D eigenvalue weighted by Crippen LogP contribution is 2.60. The molecular formula is C14H16O2. The Morgan fingerprint density at radius 3 is 3.06 bits per heavy atom. The van der Waals surface area contributed by atoms with Gasteiger partial charge in [-0.05, 0) is 36.8 Å². The maximum Gasteiger partial charge on any atom is 0.309 e. The lowest BCUT2D eigenvalue weighted by Gasteiger charge is -2.13. The molecule has 3 unspecified atom stereocenters. The van der Waals surface area contributed by atoms with Crippen LogP contribution >= 0.6 is 0 Å². The van der Waals surface area contributed by atoms with E-state index in [1.54, 1.807) is 0 Å². The van der Waals surface area contributed by atoms with Crippen molar-refractivity contribution in [3.63, 3.8) is 0 Å². The van der Waals surface area contributed by atoms with Crippen LogP contribution in [-0.4, -0.2) is 12.6 Å². The van der Waals surface area contributed by atoms with Gasteiger partial charge in [0.15, 0.2) is 0 Å². The molecule has 2 aliphatic rings. The highest BCUT2D eigenvalue weighted by atomic mass is 16.5. The second-order valence-electron chi connectivity index (χ2n) is 4.70. The number of carbonyl (C=O) groups is 1. The molecule has 3 rings (SSSR count). The third-order valence-corrected chi connectivity index (χ3v) is 3.89. The van der Waals surface area contributed by atoms with Crippen molar-refractivity contribution in [1.82, 2.24) is 0 Å². The van der Waals surface area contributed by atoms with E-state index in [-0.39, 0.29) is 11.9 Å². The van der Waals surface area contributed by atoms with E-state index in [4.69, 9.17) is 4.74 Å². The molecule has 0 aromatic heterocycles. The van der Waals surface area contributed by atoms with Gasteiger partial charge in [0.25, 0.3) is 0 Å². The summed E-state index contributed by atoms with van der Waals surface area (Å²) >= 11 is 0. The Bertz CT molecular complexity index is 424. The summed E-state index contributed by atoms with van der Waals surface area (Å²) in [7, 11) is 0. The first kappa shape index (κ1) is 9.88. The number of ether oxygens (including phenoxy) is 1. The lowest BCUT2D eigenvalue weighted by molar-refractivity contribution is -0.145. The molecule has 16 heavy (non-hydrogen) atoms. The molecule has 0 N–H and O–H groups in total. The molecule has 2 aliphatic carbocycles. The number of carbonyl (C=O) groups excluding carboxylic acids is 1. The van der Waals surface area contributed by atoms with E-state index in [0.717, 1.165) is 12.8 Å². The predicted molar refractivity (Wildman–Crippen MR) is 61.1 cm³/mol. The lowest BCUT2D eigenvalue weighted by Crippen LogP contribution is -2.08. The molecule has 2 nitrogen and oxygen atoms in total. The number of hydrogen-bond donors (Lipinski definition) is 0. The van der Waals surface area contributed by atoms with Gasteiger partial charge in [0.05, 0.1) is 12.5 Å². The lowest BCUT2D eigenvalue weighted by atomic mass is 9.92. The van der Waals surface area contributed by atoms with Gasteiger partial charge in [-0.25, -0.2) is 0 Å². The van der Waals surface area contributed by atoms with Gasteiger partial charge in [0.2, 0.25) is 0 Å². The number of esters is 1. The van der Waals surface area contributed by atoms with Gasteiger partial charge in [0.1, 0.15) is 0 Å². The fraction of sp³-hybridized carbons (Fsp3) is 0.500. The summed E-state index contributed by atoms with van der Waals surface area (Å²) in [6, 6.07) is 8.51. The third-order valence-electron chi connectivity index (χ3n) is 3.89. The van der Waals surface area contributed by atoms with Crippen LogP contribution in [0.1, 0.15) is 30.4 Å². The standard InChI is InChI=1S/C14H16O2/c1-2-16-14(15)13-11-8-7-9-5-3-4-6-10(9)12(11)13/h3-6,11-13H,2,7-8H2,1H3. The minimum absolute atomic E-state index is 0.00852. The van der Waals surface area contributed by atoms with Gasteiger partial charge in [-0.15, -0.1) is 0 Å². The summed E-state index contributed by atoms with van der Waals surface area (Å²) < 4.78 is 5.13. The molecule has 0 radical (unpaired) electrons. The van der Waals surface area contributed by atoms with E-state index in [1.807, 2.05) is 6.92 Å². The average molecular weight is 216 g/mol. The van der Waals surface area contributed by atoms with Gasteiger partial charge < -0.3 is 4.74 Å². The fourth-order valence-electron chi connectivity index (χ4n) is 3.13. The molecule has 0 bridgehead atoms. The first-order valence-electron chi connectivity index (χ1n) is 6.07. The minimum atomic E-state index is 0.00852. The van der Waals surface area contributed by atoms with Crippen LogP contribution < -0.4 is 0 Å². The van der Waals surface area contributed by atoms with E-state index in [0.29, 0.717) is 18.4 Å². The van der Waals surface area contributed by atoms with Crippen LogP contribution in [0.2, 0.25) is 0 Å². The monoisotopic (exact) mass is 216 g/mol. The number of hydrogen-bond acceptors (Lipinski definition) is 2. The van der Waals surface area contributed by atoms with Crippen molar-refractivity contribution < 1.29 is 9.53 Å². The van der Waals surface area contributed by atoms with E-state index in [1.165, 1.54) is 11.1 Å². The van der Waals surface area contributed by atoms with E-state index < -0.39 is 0 Å². The maximum atomic E-state index is 11.8. The molecule has 0 amide bonds. The number of aryl methyl sites for hydroxylation is 1. The molecule has 1 fully saturated rings. The Hall–Kier alpha value is -1.31. The summed E-state index contributed by atoms with van der Waals surface area (Å²) in [5, 5.41) is 0. The molecule has 1 saturated carbocycles. The molecule has 2 heteroatoms. The van der Waals surface area contributed by atoms with Crippen molar-refractivity contribution in [2.75, 3.05) is 6.61 Å². The predicted octanol–water partition coefficient (Wildman–Crippen LogP) is 2.53. The smallest absolute Gasteiger partial charge is 0.309 e. The van der Waals surface area contributed by atoms with Crippen LogP contribution in [0.25, 0.3) is 0 Å². The van der Waals surface area contributed by atoms with Crippen LogP contribution in [0, 0.1) is 11.8 Å². The van der Waals surface area contributed by atoms with Gasteiger partial charge in [-0.3, -0.25) is 4.79 Å². The molecule has 0 saturated heterocycles. The maximum absolute atomic E-state index is 11.8. The minimum Gasteiger partial charge on any atom is -0.466 e. The van der Waals surface area contributed by atoms with Crippen LogP contribution in [0.5, 0.6) is 0 Å². The molecule has 0 aliphatic heterocycles. The Morgan fingerprint density at radius 2 is 2.25 bits per heavy atom. The van der Waals surface area contributed by atoms with Crippen LogP contribution in [0.3, 0.4) is 0 Å². The van der Waals surface area contributed by atoms with Gasteiger partial charge >= 0.3 is 5.97 Å². The zero-order valence-corrected chi connectivity index (χ0v) is 9.48. The Balaban J connectivity index is 1.85. The van der Waals surface area contributed by atoms with E-state index in [9.17, 15) is 4.79 Å². The zero-order chi connectivity index (χ0) is 11.1. The Labute approximate surface area is 95.6 Å². The van der Waals surface area contributed by atoms with Gasteiger partial charge in [-0.1, -0.05) is 24.3 Å². The molecule has 84 valence electrons.